The van der Waals surface area contributed by atoms with Crippen LogP contribution < -0.4 is 0 Å². The van der Waals surface area contributed by atoms with Crippen molar-refractivity contribution in [3.63, 3.8) is 0 Å². The van der Waals surface area contributed by atoms with Crippen molar-refractivity contribution in [1.82, 2.24) is 9.61 Å². The predicted molar refractivity (Wildman–Crippen MR) is 41.1 cm³/mol. The van der Waals surface area contributed by atoms with Crippen molar-refractivity contribution in [3.05, 3.63) is 36.2 Å². The Labute approximate surface area is 63.9 Å². The van der Waals surface area contributed by atoms with Crippen LogP contribution in [0.2, 0.25) is 0 Å². The first-order valence-corrected chi connectivity index (χ1v) is 3.44. The SMILES string of the molecule is OCc1cccn2nccc12. The molecule has 0 amide bonds. The Hall–Kier alpha value is -1.35. The maximum Gasteiger partial charge on any atom is 0.0716 e. The van der Waals surface area contributed by atoms with Crippen molar-refractivity contribution in [2.75, 3.05) is 0 Å². The highest BCUT2D eigenvalue weighted by Gasteiger charge is 1.97. The number of aliphatic hydroxyl groups excluding tert-OH is 1. The summed E-state index contributed by atoms with van der Waals surface area (Å²) in [4.78, 5) is 0. The molecule has 0 saturated carbocycles. The maximum atomic E-state index is 8.91. The summed E-state index contributed by atoms with van der Waals surface area (Å²) in [7, 11) is 0. The third-order valence-electron chi connectivity index (χ3n) is 1.69. The van der Waals surface area contributed by atoms with Gasteiger partial charge in [0.25, 0.3) is 0 Å². The van der Waals surface area contributed by atoms with Crippen LogP contribution in [0.1, 0.15) is 5.56 Å². The minimum Gasteiger partial charge on any atom is -0.392 e. The quantitative estimate of drug-likeness (QED) is 0.650. The van der Waals surface area contributed by atoms with Gasteiger partial charge in [-0.25, -0.2) is 4.52 Å². The minimum atomic E-state index is 0.0655. The Morgan fingerprint density at radius 1 is 1.45 bits per heavy atom. The molecule has 0 unspecified atom stereocenters. The molecular weight excluding hydrogens is 140 g/mol. The maximum absolute atomic E-state index is 8.91. The van der Waals surface area contributed by atoms with Gasteiger partial charge in [0, 0.05) is 18.0 Å². The summed E-state index contributed by atoms with van der Waals surface area (Å²) in [5, 5.41) is 12.9. The van der Waals surface area contributed by atoms with Gasteiger partial charge in [-0.3, -0.25) is 0 Å². The number of fused-ring (bicyclic) bond motifs is 1. The summed E-state index contributed by atoms with van der Waals surface area (Å²) in [6.45, 7) is 0.0655. The van der Waals surface area contributed by atoms with Crippen LogP contribution in [0.15, 0.2) is 30.6 Å². The van der Waals surface area contributed by atoms with Crippen LogP contribution in [-0.4, -0.2) is 14.7 Å². The lowest BCUT2D eigenvalue weighted by Gasteiger charge is -1.97. The topological polar surface area (TPSA) is 37.5 Å². The predicted octanol–water partition coefficient (Wildman–Crippen LogP) is 0.827. The molecule has 0 aromatic carbocycles. The molecule has 0 spiro atoms. The van der Waals surface area contributed by atoms with Crippen molar-refractivity contribution >= 4 is 5.52 Å². The molecule has 0 fully saturated rings. The number of nitrogens with zero attached hydrogens (tertiary/aromatic N) is 2. The zero-order valence-electron chi connectivity index (χ0n) is 5.94. The van der Waals surface area contributed by atoms with Gasteiger partial charge in [-0.1, -0.05) is 6.07 Å². The molecule has 0 aliphatic heterocycles. The summed E-state index contributed by atoms with van der Waals surface area (Å²) < 4.78 is 1.74. The molecule has 2 aromatic heterocycles. The van der Waals surface area contributed by atoms with Gasteiger partial charge in [-0.15, -0.1) is 0 Å². The van der Waals surface area contributed by atoms with E-state index in [-0.39, 0.29) is 6.61 Å². The van der Waals surface area contributed by atoms with Gasteiger partial charge in [-0.2, -0.15) is 5.10 Å². The molecule has 2 rings (SSSR count). The number of hydrogen-bond acceptors (Lipinski definition) is 2. The fraction of sp³-hybridized carbons (Fsp3) is 0.125. The highest BCUT2D eigenvalue weighted by Crippen LogP contribution is 2.08. The lowest BCUT2D eigenvalue weighted by molar-refractivity contribution is 0.283. The molecule has 3 nitrogen and oxygen atoms in total. The number of rotatable bonds is 1. The summed E-state index contributed by atoms with van der Waals surface area (Å²) in [5.41, 5.74) is 1.88. The highest BCUT2D eigenvalue weighted by molar-refractivity contribution is 5.52. The first-order valence-electron chi connectivity index (χ1n) is 3.44. The number of hydrogen-bond donors (Lipinski definition) is 1. The monoisotopic (exact) mass is 148 g/mol. The van der Waals surface area contributed by atoms with Crippen molar-refractivity contribution in [3.8, 4) is 0 Å². The van der Waals surface area contributed by atoms with Crippen molar-refractivity contribution in [1.29, 1.82) is 0 Å². The standard InChI is InChI=1S/C8H8N2O/c11-6-7-2-1-5-10-8(7)3-4-9-10/h1-5,11H,6H2. The van der Waals surface area contributed by atoms with Crippen LogP contribution in [0.5, 0.6) is 0 Å². The fourth-order valence-corrected chi connectivity index (χ4v) is 1.15. The number of pyridine rings is 1. The Morgan fingerprint density at radius 3 is 3.18 bits per heavy atom. The third kappa shape index (κ3) is 0.897. The van der Waals surface area contributed by atoms with E-state index in [1.165, 1.54) is 0 Å². The van der Waals surface area contributed by atoms with Crippen LogP contribution >= 0.6 is 0 Å². The van der Waals surface area contributed by atoms with E-state index in [1.807, 2.05) is 24.4 Å². The van der Waals surface area contributed by atoms with Crippen molar-refractivity contribution in [2.24, 2.45) is 0 Å². The second-order valence-electron chi connectivity index (χ2n) is 2.35. The number of aromatic nitrogens is 2. The van der Waals surface area contributed by atoms with Gasteiger partial charge in [0.05, 0.1) is 12.1 Å². The van der Waals surface area contributed by atoms with Gasteiger partial charge >= 0.3 is 0 Å². The van der Waals surface area contributed by atoms with Crippen LogP contribution in [-0.2, 0) is 6.61 Å². The van der Waals surface area contributed by atoms with Gasteiger partial charge in [0.1, 0.15) is 0 Å². The molecule has 3 heteroatoms. The highest BCUT2D eigenvalue weighted by atomic mass is 16.3. The molecule has 2 aromatic rings. The lowest BCUT2D eigenvalue weighted by Crippen LogP contribution is -1.90. The van der Waals surface area contributed by atoms with Gasteiger partial charge in [-0.05, 0) is 12.1 Å². The van der Waals surface area contributed by atoms with Crippen molar-refractivity contribution in [2.45, 2.75) is 6.61 Å². The molecule has 1 N–H and O–H groups in total. The van der Waals surface area contributed by atoms with E-state index in [2.05, 4.69) is 5.10 Å². The minimum absolute atomic E-state index is 0.0655. The van der Waals surface area contributed by atoms with E-state index in [0.29, 0.717) is 0 Å². The Morgan fingerprint density at radius 2 is 2.36 bits per heavy atom. The molecule has 0 aliphatic carbocycles. The molecule has 2 heterocycles. The van der Waals surface area contributed by atoms with Crippen LogP contribution in [0.3, 0.4) is 0 Å². The van der Waals surface area contributed by atoms with Crippen LogP contribution in [0.25, 0.3) is 5.52 Å². The summed E-state index contributed by atoms with van der Waals surface area (Å²) in [5.74, 6) is 0. The average Bonchev–Trinajstić information content (AvgIpc) is 2.50. The molecule has 11 heavy (non-hydrogen) atoms. The number of aliphatic hydroxyl groups is 1. The molecular formula is C8H8N2O. The summed E-state index contributed by atoms with van der Waals surface area (Å²) >= 11 is 0. The van der Waals surface area contributed by atoms with Crippen molar-refractivity contribution < 1.29 is 5.11 Å². The normalized spacial score (nSPS) is 10.6. The molecule has 0 radical (unpaired) electrons. The lowest BCUT2D eigenvalue weighted by atomic mass is 10.2. The van der Waals surface area contributed by atoms with E-state index in [9.17, 15) is 0 Å². The molecule has 0 atom stereocenters. The van der Waals surface area contributed by atoms with Crippen LogP contribution in [0, 0.1) is 0 Å². The second kappa shape index (κ2) is 2.36. The van der Waals surface area contributed by atoms with Gasteiger partial charge < -0.3 is 5.11 Å². The molecule has 56 valence electrons. The summed E-state index contributed by atoms with van der Waals surface area (Å²) in [6, 6.07) is 5.63. The van der Waals surface area contributed by atoms with E-state index >= 15 is 0 Å². The Bertz CT molecular complexity index is 367. The zero-order chi connectivity index (χ0) is 7.68. The van der Waals surface area contributed by atoms with E-state index in [1.54, 1.807) is 10.7 Å². The van der Waals surface area contributed by atoms with Crippen LogP contribution in [0.4, 0.5) is 0 Å². The van der Waals surface area contributed by atoms with E-state index < -0.39 is 0 Å². The second-order valence-corrected chi connectivity index (χ2v) is 2.35. The van der Waals surface area contributed by atoms with Gasteiger partial charge in [0.2, 0.25) is 0 Å². The van der Waals surface area contributed by atoms with Gasteiger partial charge in [0.15, 0.2) is 0 Å². The fourth-order valence-electron chi connectivity index (χ4n) is 1.15. The Balaban J connectivity index is 2.79. The largest absolute Gasteiger partial charge is 0.392 e. The van der Waals surface area contributed by atoms with E-state index in [4.69, 9.17) is 5.11 Å². The molecule has 0 aliphatic rings. The first-order chi connectivity index (χ1) is 5.42. The first kappa shape index (κ1) is 6.37. The molecule has 0 bridgehead atoms. The zero-order valence-corrected chi connectivity index (χ0v) is 5.94. The molecule has 0 saturated heterocycles. The Kier molecular flexibility index (Phi) is 1.36. The third-order valence-corrected chi connectivity index (χ3v) is 1.69. The summed E-state index contributed by atoms with van der Waals surface area (Å²) in [6.07, 6.45) is 3.57. The average molecular weight is 148 g/mol. The smallest absolute Gasteiger partial charge is 0.0716 e. The van der Waals surface area contributed by atoms with E-state index in [0.717, 1.165) is 11.1 Å².